The molecule has 0 amide bonds. The van der Waals surface area contributed by atoms with Gasteiger partial charge in [-0.05, 0) is 64.0 Å². The number of hydrogen-bond donors (Lipinski definition) is 2. The van der Waals surface area contributed by atoms with Gasteiger partial charge in [-0.1, -0.05) is 26.2 Å². The molecule has 0 aromatic carbocycles. The standard InChI is InChI=1S/C16H32N2/c1-13-7-8-15(10-13)12-18-14(2)11-16-6-4-3-5-9-17-16/h13-18H,3-12H2,1-2H3. The zero-order valence-electron chi connectivity index (χ0n) is 12.4. The number of nitrogens with one attached hydrogen (secondary N) is 2. The van der Waals surface area contributed by atoms with Crippen molar-refractivity contribution >= 4 is 0 Å². The van der Waals surface area contributed by atoms with Gasteiger partial charge in [0.2, 0.25) is 0 Å². The molecule has 1 aliphatic carbocycles. The third-order valence-corrected chi connectivity index (χ3v) is 4.86. The van der Waals surface area contributed by atoms with Crippen LogP contribution in [0.25, 0.3) is 0 Å². The van der Waals surface area contributed by atoms with Gasteiger partial charge in [0, 0.05) is 12.1 Å². The second kappa shape index (κ2) is 7.49. The molecule has 0 radical (unpaired) electrons. The molecule has 18 heavy (non-hydrogen) atoms. The first-order valence-corrected chi connectivity index (χ1v) is 8.21. The fourth-order valence-electron chi connectivity index (χ4n) is 3.69. The minimum Gasteiger partial charge on any atom is -0.314 e. The van der Waals surface area contributed by atoms with Gasteiger partial charge < -0.3 is 10.6 Å². The average Bonchev–Trinajstić information content (AvgIpc) is 2.60. The Morgan fingerprint density at radius 1 is 1.17 bits per heavy atom. The molecule has 2 heteroatoms. The summed E-state index contributed by atoms with van der Waals surface area (Å²) in [6.07, 6.45) is 11.2. The van der Waals surface area contributed by atoms with E-state index in [-0.39, 0.29) is 0 Å². The van der Waals surface area contributed by atoms with Crippen LogP contribution < -0.4 is 10.6 Å². The molecule has 1 aliphatic heterocycles. The van der Waals surface area contributed by atoms with E-state index < -0.39 is 0 Å². The molecule has 0 spiro atoms. The van der Waals surface area contributed by atoms with Crippen LogP contribution >= 0.6 is 0 Å². The van der Waals surface area contributed by atoms with E-state index in [4.69, 9.17) is 0 Å². The van der Waals surface area contributed by atoms with Crippen molar-refractivity contribution in [3.8, 4) is 0 Å². The third kappa shape index (κ3) is 4.89. The highest BCUT2D eigenvalue weighted by Crippen LogP contribution is 2.29. The fraction of sp³-hybridized carbons (Fsp3) is 1.00. The van der Waals surface area contributed by atoms with Crippen molar-refractivity contribution in [2.24, 2.45) is 11.8 Å². The molecular weight excluding hydrogens is 220 g/mol. The summed E-state index contributed by atoms with van der Waals surface area (Å²) >= 11 is 0. The van der Waals surface area contributed by atoms with Crippen molar-refractivity contribution in [2.75, 3.05) is 13.1 Å². The predicted octanol–water partition coefficient (Wildman–Crippen LogP) is 3.32. The summed E-state index contributed by atoms with van der Waals surface area (Å²) in [6.45, 7) is 7.25. The van der Waals surface area contributed by atoms with Gasteiger partial charge in [-0.3, -0.25) is 0 Å². The van der Waals surface area contributed by atoms with E-state index in [0.29, 0.717) is 6.04 Å². The molecule has 1 heterocycles. The van der Waals surface area contributed by atoms with Gasteiger partial charge in [0.1, 0.15) is 0 Å². The molecular formula is C16H32N2. The van der Waals surface area contributed by atoms with E-state index in [1.807, 2.05) is 0 Å². The Kier molecular flexibility index (Phi) is 5.97. The highest BCUT2D eigenvalue weighted by atomic mass is 15.0. The second-order valence-corrected chi connectivity index (χ2v) is 6.83. The minimum absolute atomic E-state index is 0.677. The highest BCUT2D eigenvalue weighted by Gasteiger charge is 2.22. The van der Waals surface area contributed by atoms with Crippen molar-refractivity contribution in [2.45, 2.75) is 77.3 Å². The van der Waals surface area contributed by atoms with Crippen LogP contribution in [-0.2, 0) is 0 Å². The molecule has 4 unspecified atom stereocenters. The Hall–Kier alpha value is -0.0800. The molecule has 2 aliphatic rings. The first-order valence-electron chi connectivity index (χ1n) is 8.21. The molecule has 2 N–H and O–H groups in total. The van der Waals surface area contributed by atoms with E-state index in [1.165, 1.54) is 64.5 Å². The van der Waals surface area contributed by atoms with Crippen LogP contribution in [0.5, 0.6) is 0 Å². The summed E-state index contributed by atoms with van der Waals surface area (Å²) in [7, 11) is 0. The summed E-state index contributed by atoms with van der Waals surface area (Å²) in [5, 5.41) is 7.48. The maximum atomic E-state index is 3.77. The Morgan fingerprint density at radius 2 is 2.06 bits per heavy atom. The lowest BCUT2D eigenvalue weighted by molar-refractivity contribution is 0.374. The maximum absolute atomic E-state index is 3.77. The van der Waals surface area contributed by atoms with Gasteiger partial charge in [-0.25, -0.2) is 0 Å². The Labute approximate surface area is 113 Å². The third-order valence-electron chi connectivity index (χ3n) is 4.86. The van der Waals surface area contributed by atoms with Crippen LogP contribution in [0, 0.1) is 11.8 Å². The van der Waals surface area contributed by atoms with Crippen molar-refractivity contribution < 1.29 is 0 Å². The normalized spacial score (nSPS) is 35.3. The Morgan fingerprint density at radius 3 is 2.83 bits per heavy atom. The molecule has 2 fully saturated rings. The zero-order valence-corrected chi connectivity index (χ0v) is 12.4. The molecule has 0 aromatic heterocycles. The summed E-state index contributed by atoms with van der Waals surface area (Å²) in [6, 6.07) is 1.44. The molecule has 0 bridgehead atoms. The lowest BCUT2D eigenvalue weighted by atomic mass is 10.0. The summed E-state index contributed by atoms with van der Waals surface area (Å²) in [5.74, 6) is 1.92. The van der Waals surface area contributed by atoms with Gasteiger partial charge in [0.25, 0.3) is 0 Å². The lowest BCUT2D eigenvalue weighted by Crippen LogP contribution is -2.38. The van der Waals surface area contributed by atoms with Gasteiger partial charge >= 0.3 is 0 Å². The average molecular weight is 252 g/mol. The van der Waals surface area contributed by atoms with Crippen LogP contribution in [0.3, 0.4) is 0 Å². The van der Waals surface area contributed by atoms with Crippen molar-refractivity contribution in [3.05, 3.63) is 0 Å². The smallest absolute Gasteiger partial charge is 0.00817 e. The fourth-order valence-corrected chi connectivity index (χ4v) is 3.69. The van der Waals surface area contributed by atoms with Gasteiger partial charge in [0.05, 0.1) is 0 Å². The van der Waals surface area contributed by atoms with Crippen molar-refractivity contribution in [1.82, 2.24) is 10.6 Å². The molecule has 4 atom stereocenters. The topological polar surface area (TPSA) is 24.1 Å². The van der Waals surface area contributed by atoms with Crippen molar-refractivity contribution in [3.63, 3.8) is 0 Å². The number of hydrogen-bond acceptors (Lipinski definition) is 2. The highest BCUT2D eigenvalue weighted by molar-refractivity contribution is 4.79. The van der Waals surface area contributed by atoms with Gasteiger partial charge in [0.15, 0.2) is 0 Å². The van der Waals surface area contributed by atoms with E-state index >= 15 is 0 Å². The monoisotopic (exact) mass is 252 g/mol. The zero-order chi connectivity index (χ0) is 12.8. The van der Waals surface area contributed by atoms with E-state index in [1.54, 1.807) is 0 Å². The Bertz CT molecular complexity index is 221. The predicted molar refractivity (Wildman–Crippen MR) is 78.8 cm³/mol. The lowest BCUT2D eigenvalue weighted by Gasteiger charge is -2.23. The number of rotatable bonds is 5. The van der Waals surface area contributed by atoms with Crippen LogP contribution in [0.4, 0.5) is 0 Å². The summed E-state index contributed by atoms with van der Waals surface area (Å²) in [4.78, 5) is 0. The molecule has 2 nitrogen and oxygen atoms in total. The molecule has 0 aromatic rings. The Balaban J connectivity index is 1.60. The van der Waals surface area contributed by atoms with Crippen molar-refractivity contribution in [1.29, 1.82) is 0 Å². The van der Waals surface area contributed by atoms with E-state index in [9.17, 15) is 0 Å². The largest absolute Gasteiger partial charge is 0.314 e. The summed E-state index contributed by atoms with van der Waals surface area (Å²) in [5.41, 5.74) is 0. The van der Waals surface area contributed by atoms with Gasteiger partial charge in [-0.15, -0.1) is 0 Å². The van der Waals surface area contributed by atoms with Crippen LogP contribution in [-0.4, -0.2) is 25.2 Å². The van der Waals surface area contributed by atoms with Crippen LogP contribution in [0.2, 0.25) is 0 Å². The van der Waals surface area contributed by atoms with Crippen LogP contribution in [0.15, 0.2) is 0 Å². The quantitative estimate of drug-likeness (QED) is 0.784. The molecule has 106 valence electrons. The molecule has 1 saturated heterocycles. The SMILES string of the molecule is CC1CCC(CNC(C)CC2CCCCCN2)C1. The first kappa shape index (κ1) is 14.3. The van der Waals surface area contributed by atoms with Gasteiger partial charge in [-0.2, -0.15) is 0 Å². The summed E-state index contributed by atoms with van der Waals surface area (Å²) < 4.78 is 0. The second-order valence-electron chi connectivity index (χ2n) is 6.83. The molecule has 1 saturated carbocycles. The molecule has 2 rings (SSSR count). The van der Waals surface area contributed by atoms with Crippen LogP contribution in [0.1, 0.15) is 65.2 Å². The van der Waals surface area contributed by atoms with E-state index in [0.717, 1.165) is 17.9 Å². The first-order chi connectivity index (χ1) is 8.74. The maximum Gasteiger partial charge on any atom is 0.00817 e. The minimum atomic E-state index is 0.677. The van der Waals surface area contributed by atoms with E-state index in [2.05, 4.69) is 24.5 Å².